The predicted octanol–water partition coefficient (Wildman–Crippen LogP) is 4.57. The summed E-state index contributed by atoms with van der Waals surface area (Å²) < 4.78 is 43.4. The first-order valence-electron chi connectivity index (χ1n) is 11.5. The molecule has 4 heterocycles. The monoisotopic (exact) mass is 468 g/mol. The molecule has 0 aliphatic carbocycles. The van der Waals surface area contributed by atoms with E-state index in [2.05, 4.69) is 39.0 Å². The molecular formula is C25H27F3N6. The summed E-state index contributed by atoms with van der Waals surface area (Å²) in [5, 5.41) is 3.50. The van der Waals surface area contributed by atoms with Crippen LogP contribution >= 0.6 is 0 Å². The van der Waals surface area contributed by atoms with Crippen molar-refractivity contribution in [2.24, 2.45) is 4.99 Å². The number of fused-ring (bicyclic) bond motifs is 3. The van der Waals surface area contributed by atoms with Crippen LogP contribution in [0.5, 0.6) is 0 Å². The van der Waals surface area contributed by atoms with E-state index in [4.69, 9.17) is 9.98 Å². The second-order valence-electron chi connectivity index (χ2n) is 8.91. The molecule has 5 rings (SSSR count). The normalized spacial score (nSPS) is 17.7. The lowest BCUT2D eigenvalue weighted by Crippen LogP contribution is -2.25. The molecule has 0 fully saturated rings. The van der Waals surface area contributed by atoms with Crippen molar-refractivity contribution >= 4 is 11.4 Å². The lowest BCUT2D eigenvalue weighted by Gasteiger charge is -2.25. The fourth-order valence-corrected chi connectivity index (χ4v) is 4.72. The molecule has 34 heavy (non-hydrogen) atoms. The maximum Gasteiger partial charge on any atom is 0.266 e. The average Bonchev–Trinajstić information content (AvgIpc) is 3.29. The first-order valence-corrected chi connectivity index (χ1v) is 11.5. The zero-order valence-electron chi connectivity index (χ0n) is 19.4. The lowest BCUT2D eigenvalue weighted by molar-refractivity contribution is 0.146. The van der Waals surface area contributed by atoms with Crippen LogP contribution in [0.15, 0.2) is 35.3 Å². The molecule has 1 N–H and O–H groups in total. The van der Waals surface area contributed by atoms with Gasteiger partial charge >= 0.3 is 0 Å². The van der Waals surface area contributed by atoms with E-state index in [0.717, 1.165) is 61.4 Å². The van der Waals surface area contributed by atoms with Gasteiger partial charge in [-0.25, -0.2) is 23.1 Å². The summed E-state index contributed by atoms with van der Waals surface area (Å²) in [6, 6.07) is 5.41. The van der Waals surface area contributed by atoms with E-state index < -0.39 is 23.8 Å². The summed E-state index contributed by atoms with van der Waals surface area (Å²) in [6.07, 6.45) is 0.287. The topological polar surface area (TPSA) is 58.3 Å². The number of alkyl halides is 2. The fraction of sp³-hybridized carbons (Fsp3) is 0.400. The standard InChI is InChI=1S/C25H27F3N6/c1-14(17-5-4-6-18(21(17)26)22(27)28)30-23-20-13-19(16-7-10-33(3)11-8-16)24-29-9-12-34(24)25(20)32-15(2)31-23/h4-7,13-14,22,29H,8-12H2,1-3H3/t14-/m1/s1. The maximum absolute atomic E-state index is 14.8. The van der Waals surface area contributed by atoms with Crippen molar-refractivity contribution in [3.63, 3.8) is 0 Å². The molecule has 4 aliphatic heterocycles. The minimum atomic E-state index is -2.88. The molecule has 1 aromatic carbocycles. The van der Waals surface area contributed by atoms with Crippen LogP contribution in [-0.4, -0.2) is 46.1 Å². The van der Waals surface area contributed by atoms with Gasteiger partial charge in [0.1, 0.15) is 23.3 Å². The summed E-state index contributed by atoms with van der Waals surface area (Å²) in [5.74, 6) is 1.43. The average molecular weight is 469 g/mol. The predicted molar refractivity (Wildman–Crippen MR) is 125 cm³/mol. The molecule has 0 radical (unpaired) electrons. The summed E-state index contributed by atoms with van der Waals surface area (Å²) >= 11 is 0. The van der Waals surface area contributed by atoms with E-state index in [0.29, 0.717) is 11.3 Å². The van der Waals surface area contributed by atoms with Gasteiger partial charge in [0.05, 0.1) is 17.2 Å². The van der Waals surface area contributed by atoms with Gasteiger partial charge in [-0.1, -0.05) is 24.3 Å². The Hall–Kier alpha value is -3.20. The van der Waals surface area contributed by atoms with Gasteiger partial charge in [-0.2, -0.15) is 0 Å². The van der Waals surface area contributed by atoms with Crippen LogP contribution in [0.1, 0.15) is 48.3 Å². The van der Waals surface area contributed by atoms with Gasteiger partial charge in [-0.05, 0) is 39.0 Å². The Morgan fingerprint density at radius 2 is 1.91 bits per heavy atom. The number of aryl methyl sites for hydroxylation is 1. The van der Waals surface area contributed by atoms with Crippen LogP contribution < -0.4 is 10.8 Å². The zero-order chi connectivity index (χ0) is 24.0. The van der Waals surface area contributed by atoms with E-state index in [9.17, 15) is 13.2 Å². The minimum absolute atomic E-state index is 0.121. The maximum atomic E-state index is 14.8. The number of hydrogen-bond donors (Lipinski definition) is 1. The molecule has 4 aliphatic rings. The molecular weight excluding hydrogens is 441 g/mol. The van der Waals surface area contributed by atoms with Crippen LogP contribution in [0.2, 0.25) is 0 Å². The number of pyridine rings is 1. The molecule has 6 nitrogen and oxygen atoms in total. The molecule has 0 saturated heterocycles. The molecule has 1 atom stereocenters. The van der Waals surface area contributed by atoms with Crippen LogP contribution in [0.4, 0.5) is 19.0 Å². The van der Waals surface area contributed by atoms with E-state index in [1.807, 2.05) is 0 Å². The third kappa shape index (κ3) is 3.98. The molecule has 9 heteroatoms. The number of anilines is 1. The van der Waals surface area contributed by atoms with Gasteiger partial charge in [0.25, 0.3) is 6.43 Å². The summed E-state index contributed by atoms with van der Waals surface area (Å²) in [4.78, 5) is 16.2. The van der Waals surface area contributed by atoms with Crippen LogP contribution in [-0.2, 0) is 6.54 Å². The van der Waals surface area contributed by atoms with Gasteiger partial charge in [0.15, 0.2) is 5.49 Å². The number of rotatable bonds is 4. The van der Waals surface area contributed by atoms with Crippen molar-refractivity contribution in [3.8, 4) is 11.4 Å². The minimum Gasteiger partial charge on any atom is -0.369 e. The molecule has 0 aromatic heterocycles. The number of benzene rings is 1. The number of nitrogens with one attached hydrogen (secondary N) is 1. The van der Waals surface area contributed by atoms with E-state index in [-0.39, 0.29) is 5.56 Å². The smallest absolute Gasteiger partial charge is 0.266 e. The molecule has 0 amide bonds. The van der Waals surface area contributed by atoms with Gasteiger partial charge in [-0.15, -0.1) is 0 Å². The summed E-state index contributed by atoms with van der Waals surface area (Å²) in [6.45, 7) is 6.91. The second-order valence-corrected chi connectivity index (χ2v) is 8.91. The Labute approximate surface area is 196 Å². The van der Waals surface area contributed by atoms with Crippen LogP contribution in [0.25, 0.3) is 17.0 Å². The summed E-state index contributed by atoms with van der Waals surface area (Å²) in [5.41, 5.74) is 3.07. The van der Waals surface area contributed by atoms with Gasteiger partial charge in [-0.3, -0.25) is 4.99 Å². The molecule has 0 saturated carbocycles. The third-order valence-corrected chi connectivity index (χ3v) is 6.53. The highest BCUT2D eigenvalue weighted by atomic mass is 19.3. The van der Waals surface area contributed by atoms with E-state index in [1.54, 1.807) is 13.8 Å². The number of aromatic nitrogens is 3. The van der Waals surface area contributed by atoms with Crippen molar-refractivity contribution in [1.29, 1.82) is 0 Å². The van der Waals surface area contributed by atoms with Gasteiger partial charge < -0.3 is 14.8 Å². The van der Waals surface area contributed by atoms with E-state index >= 15 is 0 Å². The Kier molecular flexibility index (Phi) is 5.89. The van der Waals surface area contributed by atoms with E-state index in [1.165, 1.54) is 17.7 Å². The Bertz CT molecular complexity index is 1310. The Morgan fingerprint density at radius 3 is 2.65 bits per heavy atom. The van der Waals surface area contributed by atoms with Crippen molar-refractivity contribution in [1.82, 2.24) is 19.4 Å². The number of nitrogens with zero attached hydrogens (tertiary/aromatic N) is 5. The highest BCUT2D eigenvalue weighted by Gasteiger charge is 2.26. The Balaban J connectivity index is 1.68. The summed E-state index contributed by atoms with van der Waals surface area (Å²) in [7, 11) is 2.10. The highest BCUT2D eigenvalue weighted by Crippen LogP contribution is 2.36. The first-order chi connectivity index (χ1) is 16.3. The SMILES string of the molecule is Cc1nc2n3c(c(C4=CCN(C)CC4)cc-2c(=N[C@H](C)c2cccc(C(F)F)c2F)n1)NCC3. The largest absolute Gasteiger partial charge is 0.369 e. The van der Waals surface area contributed by atoms with Crippen molar-refractivity contribution in [2.45, 2.75) is 39.3 Å². The second kappa shape index (κ2) is 8.87. The Morgan fingerprint density at radius 1 is 1.12 bits per heavy atom. The number of halogens is 3. The number of hydrogen-bond acceptors (Lipinski definition) is 5. The van der Waals surface area contributed by atoms with Gasteiger partial charge in [0, 0.05) is 37.3 Å². The van der Waals surface area contributed by atoms with Crippen molar-refractivity contribution in [2.75, 3.05) is 32.0 Å². The number of likely N-dealkylation sites (N-methyl/N-ethyl adjacent to an activating group) is 1. The quantitative estimate of drug-likeness (QED) is 0.609. The molecule has 0 unspecified atom stereocenters. The molecule has 0 bridgehead atoms. The third-order valence-electron chi connectivity index (χ3n) is 6.53. The van der Waals surface area contributed by atoms with Gasteiger partial charge in [0.2, 0.25) is 0 Å². The fourth-order valence-electron chi connectivity index (χ4n) is 4.72. The zero-order valence-corrected chi connectivity index (χ0v) is 19.4. The van der Waals surface area contributed by atoms with Crippen molar-refractivity contribution in [3.05, 3.63) is 64.2 Å². The first kappa shape index (κ1) is 22.6. The van der Waals surface area contributed by atoms with Crippen LogP contribution in [0, 0.1) is 12.7 Å². The van der Waals surface area contributed by atoms with Crippen molar-refractivity contribution < 1.29 is 13.2 Å². The highest BCUT2D eigenvalue weighted by molar-refractivity contribution is 5.80. The molecule has 178 valence electrons. The molecule has 1 aromatic rings. The molecule has 0 spiro atoms. The van der Waals surface area contributed by atoms with Crippen LogP contribution in [0.3, 0.4) is 0 Å². The lowest BCUT2D eigenvalue weighted by atomic mass is 9.98.